The predicted octanol–water partition coefficient (Wildman–Crippen LogP) is 1.11. The fourth-order valence-electron chi connectivity index (χ4n) is 2.11. The quantitative estimate of drug-likeness (QED) is 0.778. The summed E-state index contributed by atoms with van der Waals surface area (Å²) in [7, 11) is 1.78. The SMILES string of the molecule is Cn1ccc(C(=O)N2CCN(C(=O)OC(C)(C)C)CC2)n1. The molecule has 1 aliphatic rings. The van der Waals surface area contributed by atoms with E-state index in [1.165, 1.54) is 0 Å². The molecule has 7 heteroatoms. The van der Waals surface area contributed by atoms with E-state index in [-0.39, 0.29) is 12.0 Å². The zero-order chi connectivity index (χ0) is 15.6. The van der Waals surface area contributed by atoms with E-state index >= 15 is 0 Å². The van der Waals surface area contributed by atoms with Crippen molar-refractivity contribution in [2.24, 2.45) is 7.05 Å². The number of amides is 2. The van der Waals surface area contributed by atoms with Gasteiger partial charge in [0.2, 0.25) is 0 Å². The van der Waals surface area contributed by atoms with Gasteiger partial charge in [0.05, 0.1) is 0 Å². The van der Waals surface area contributed by atoms with Crippen molar-refractivity contribution in [3.8, 4) is 0 Å². The number of nitrogens with zero attached hydrogens (tertiary/aromatic N) is 4. The van der Waals surface area contributed by atoms with Crippen LogP contribution in [-0.4, -0.2) is 63.4 Å². The highest BCUT2D eigenvalue weighted by atomic mass is 16.6. The van der Waals surface area contributed by atoms with Gasteiger partial charge in [0.1, 0.15) is 11.3 Å². The number of hydrogen-bond donors (Lipinski definition) is 0. The van der Waals surface area contributed by atoms with Crippen LogP contribution in [0.3, 0.4) is 0 Å². The van der Waals surface area contributed by atoms with Gasteiger partial charge in [-0.25, -0.2) is 4.79 Å². The molecule has 1 aromatic heterocycles. The van der Waals surface area contributed by atoms with Gasteiger partial charge in [0, 0.05) is 39.4 Å². The number of aryl methyl sites for hydroxylation is 1. The molecule has 2 rings (SSSR count). The van der Waals surface area contributed by atoms with Crippen molar-refractivity contribution < 1.29 is 14.3 Å². The van der Waals surface area contributed by atoms with Gasteiger partial charge >= 0.3 is 6.09 Å². The number of hydrogen-bond acceptors (Lipinski definition) is 4. The monoisotopic (exact) mass is 294 g/mol. The first-order valence-corrected chi connectivity index (χ1v) is 7.03. The van der Waals surface area contributed by atoms with E-state index in [1.54, 1.807) is 33.8 Å². The molecule has 0 bridgehead atoms. The van der Waals surface area contributed by atoms with Crippen LogP contribution in [0.25, 0.3) is 0 Å². The second-order valence-corrected chi connectivity index (χ2v) is 6.13. The zero-order valence-electron chi connectivity index (χ0n) is 13.0. The Hall–Kier alpha value is -2.05. The second-order valence-electron chi connectivity index (χ2n) is 6.13. The predicted molar refractivity (Wildman–Crippen MR) is 76.9 cm³/mol. The van der Waals surface area contributed by atoms with E-state index in [0.717, 1.165) is 0 Å². The van der Waals surface area contributed by atoms with Crippen LogP contribution in [-0.2, 0) is 11.8 Å². The lowest BCUT2D eigenvalue weighted by atomic mass is 10.2. The minimum absolute atomic E-state index is 0.0977. The maximum atomic E-state index is 12.2. The normalized spacial score (nSPS) is 16.0. The molecular weight excluding hydrogens is 272 g/mol. The summed E-state index contributed by atoms with van der Waals surface area (Å²) in [6.07, 6.45) is 1.41. The van der Waals surface area contributed by atoms with Gasteiger partial charge < -0.3 is 14.5 Å². The number of carbonyl (C=O) groups is 2. The zero-order valence-corrected chi connectivity index (χ0v) is 13.0. The average Bonchev–Trinajstić information content (AvgIpc) is 2.83. The van der Waals surface area contributed by atoms with Crippen molar-refractivity contribution in [2.45, 2.75) is 26.4 Å². The Balaban J connectivity index is 1.88. The second kappa shape index (κ2) is 5.75. The molecule has 2 heterocycles. The molecule has 0 saturated carbocycles. The Morgan fingerprint density at radius 3 is 2.19 bits per heavy atom. The summed E-state index contributed by atoms with van der Waals surface area (Å²) in [4.78, 5) is 27.5. The lowest BCUT2D eigenvalue weighted by Crippen LogP contribution is -2.51. The molecule has 0 aliphatic carbocycles. The fraction of sp³-hybridized carbons (Fsp3) is 0.643. The lowest BCUT2D eigenvalue weighted by molar-refractivity contribution is 0.0140. The molecule has 0 N–H and O–H groups in total. The van der Waals surface area contributed by atoms with E-state index < -0.39 is 5.60 Å². The van der Waals surface area contributed by atoms with Gasteiger partial charge in [-0.3, -0.25) is 9.48 Å². The third kappa shape index (κ3) is 3.96. The smallest absolute Gasteiger partial charge is 0.410 e. The van der Waals surface area contributed by atoms with Crippen LogP contribution in [0.4, 0.5) is 4.79 Å². The van der Waals surface area contributed by atoms with Crippen molar-refractivity contribution >= 4 is 12.0 Å². The number of carbonyl (C=O) groups excluding carboxylic acids is 2. The molecule has 0 spiro atoms. The molecule has 1 aliphatic heterocycles. The summed E-state index contributed by atoms with van der Waals surface area (Å²) in [5.74, 6) is -0.0977. The Bertz CT molecular complexity index is 525. The van der Waals surface area contributed by atoms with Crippen LogP contribution in [0, 0.1) is 0 Å². The van der Waals surface area contributed by atoms with E-state index in [0.29, 0.717) is 31.9 Å². The van der Waals surface area contributed by atoms with Crippen molar-refractivity contribution in [2.75, 3.05) is 26.2 Å². The third-order valence-electron chi connectivity index (χ3n) is 3.15. The van der Waals surface area contributed by atoms with Crippen molar-refractivity contribution in [1.82, 2.24) is 19.6 Å². The highest BCUT2D eigenvalue weighted by Gasteiger charge is 2.28. The first-order chi connectivity index (χ1) is 9.76. The van der Waals surface area contributed by atoms with Crippen LogP contribution in [0.15, 0.2) is 12.3 Å². The molecule has 1 saturated heterocycles. The lowest BCUT2D eigenvalue weighted by Gasteiger charge is -2.35. The third-order valence-corrected chi connectivity index (χ3v) is 3.15. The summed E-state index contributed by atoms with van der Waals surface area (Å²) in [5, 5.41) is 4.11. The standard InChI is InChI=1S/C14H22N4O3/c1-14(2,3)21-13(20)18-9-7-17(8-10-18)12(19)11-5-6-16(4)15-11/h5-6H,7-10H2,1-4H3. The molecule has 0 aromatic carbocycles. The minimum atomic E-state index is -0.502. The van der Waals surface area contributed by atoms with Crippen LogP contribution in [0.1, 0.15) is 31.3 Å². The van der Waals surface area contributed by atoms with Gasteiger partial charge in [-0.1, -0.05) is 0 Å². The van der Waals surface area contributed by atoms with Crippen molar-refractivity contribution in [1.29, 1.82) is 0 Å². The maximum Gasteiger partial charge on any atom is 0.410 e. The average molecular weight is 294 g/mol. The number of aromatic nitrogens is 2. The largest absolute Gasteiger partial charge is 0.444 e. The van der Waals surface area contributed by atoms with Gasteiger partial charge in [0.15, 0.2) is 0 Å². The first kappa shape index (κ1) is 15.3. The Kier molecular flexibility index (Phi) is 4.20. The minimum Gasteiger partial charge on any atom is -0.444 e. The van der Waals surface area contributed by atoms with E-state index in [9.17, 15) is 9.59 Å². The van der Waals surface area contributed by atoms with Crippen LogP contribution in [0.5, 0.6) is 0 Å². The Labute approximate surface area is 124 Å². The Morgan fingerprint density at radius 1 is 1.14 bits per heavy atom. The summed E-state index contributed by atoms with van der Waals surface area (Å²) in [5.41, 5.74) is -0.0685. The van der Waals surface area contributed by atoms with Gasteiger partial charge in [-0.05, 0) is 26.8 Å². The Morgan fingerprint density at radius 2 is 1.71 bits per heavy atom. The molecule has 0 radical (unpaired) electrons. The van der Waals surface area contributed by atoms with Crippen molar-refractivity contribution in [3.63, 3.8) is 0 Å². The van der Waals surface area contributed by atoms with Crippen LogP contribution in [0.2, 0.25) is 0 Å². The van der Waals surface area contributed by atoms with Gasteiger partial charge in [-0.2, -0.15) is 5.10 Å². The maximum absolute atomic E-state index is 12.2. The molecule has 0 unspecified atom stereocenters. The fourth-order valence-corrected chi connectivity index (χ4v) is 2.11. The summed E-state index contributed by atoms with van der Waals surface area (Å²) < 4.78 is 6.93. The van der Waals surface area contributed by atoms with E-state index in [4.69, 9.17) is 4.74 Å². The number of rotatable bonds is 1. The van der Waals surface area contributed by atoms with Crippen LogP contribution >= 0.6 is 0 Å². The topological polar surface area (TPSA) is 67.7 Å². The van der Waals surface area contributed by atoms with E-state index in [1.807, 2.05) is 20.8 Å². The molecule has 2 amide bonds. The summed E-state index contributed by atoms with van der Waals surface area (Å²) >= 11 is 0. The molecule has 21 heavy (non-hydrogen) atoms. The first-order valence-electron chi connectivity index (χ1n) is 7.03. The summed E-state index contributed by atoms with van der Waals surface area (Å²) in [6, 6.07) is 1.70. The number of piperazine rings is 1. The van der Waals surface area contributed by atoms with E-state index in [2.05, 4.69) is 5.10 Å². The van der Waals surface area contributed by atoms with Crippen LogP contribution < -0.4 is 0 Å². The van der Waals surface area contributed by atoms with Crippen molar-refractivity contribution in [3.05, 3.63) is 18.0 Å². The number of ether oxygens (including phenoxy) is 1. The molecule has 7 nitrogen and oxygen atoms in total. The molecular formula is C14H22N4O3. The van der Waals surface area contributed by atoms with Gasteiger partial charge in [0.25, 0.3) is 5.91 Å². The van der Waals surface area contributed by atoms with Gasteiger partial charge in [-0.15, -0.1) is 0 Å². The molecule has 1 aromatic rings. The highest BCUT2D eigenvalue weighted by molar-refractivity contribution is 5.92. The highest BCUT2D eigenvalue weighted by Crippen LogP contribution is 2.13. The molecule has 116 valence electrons. The molecule has 1 fully saturated rings. The summed E-state index contributed by atoms with van der Waals surface area (Å²) in [6.45, 7) is 7.47. The molecule has 0 atom stereocenters.